The number of hydrogen-bond donors (Lipinski definition) is 1. The Morgan fingerprint density at radius 3 is 2.43 bits per heavy atom. The summed E-state index contributed by atoms with van der Waals surface area (Å²) in [6.07, 6.45) is 0. The molecule has 0 saturated carbocycles. The van der Waals surface area contributed by atoms with Gasteiger partial charge < -0.3 is 5.32 Å². The maximum atomic E-state index is 12.3. The summed E-state index contributed by atoms with van der Waals surface area (Å²) in [6.45, 7) is 0.544. The lowest BCUT2D eigenvalue weighted by atomic mass is 10.1. The molecule has 4 nitrogen and oxygen atoms in total. The predicted molar refractivity (Wildman–Crippen MR) is 80.8 cm³/mol. The first-order valence-corrected chi connectivity index (χ1v) is 6.77. The van der Waals surface area contributed by atoms with E-state index in [2.05, 4.69) is 10.3 Å². The monoisotopic (exact) mass is 298 g/mol. The second-order valence-electron chi connectivity index (χ2n) is 4.60. The minimum Gasteiger partial charge on any atom is -0.306 e. The van der Waals surface area contributed by atoms with Gasteiger partial charge in [-0.15, -0.1) is 0 Å². The number of fused-ring (bicyclic) bond motifs is 1. The highest BCUT2D eigenvalue weighted by Crippen LogP contribution is 2.18. The molecule has 0 aliphatic carbocycles. The van der Waals surface area contributed by atoms with Crippen molar-refractivity contribution in [2.24, 2.45) is 4.99 Å². The predicted octanol–water partition coefficient (Wildman–Crippen LogP) is 2.76. The number of aliphatic imine (C=N–C) groups is 1. The maximum Gasteiger partial charge on any atom is 0.257 e. The first-order valence-electron chi connectivity index (χ1n) is 6.40. The zero-order valence-electron chi connectivity index (χ0n) is 11.0. The number of nitrogens with zero attached hydrogens (tertiary/aromatic N) is 1. The van der Waals surface area contributed by atoms with Crippen LogP contribution in [0.5, 0.6) is 0 Å². The summed E-state index contributed by atoms with van der Waals surface area (Å²) in [6, 6.07) is 14.1. The highest BCUT2D eigenvalue weighted by molar-refractivity contribution is 6.68. The van der Waals surface area contributed by atoms with Crippen molar-refractivity contribution in [2.75, 3.05) is 0 Å². The number of rotatable bonds is 2. The number of hydrogen-bond acceptors (Lipinski definition) is 3. The van der Waals surface area contributed by atoms with Crippen LogP contribution in [0.25, 0.3) is 0 Å². The van der Waals surface area contributed by atoms with Crippen LogP contribution in [-0.2, 0) is 6.54 Å². The molecule has 21 heavy (non-hydrogen) atoms. The number of carbonyl (C=O) groups is 2. The normalized spacial score (nSPS) is 12.5. The molecule has 1 amide bonds. The number of nitrogens with one attached hydrogen (secondary N) is 1. The number of amides is 1. The lowest BCUT2D eigenvalue weighted by Crippen LogP contribution is -2.31. The molecule has 5 heteroatoms. The van der Waals surface area contributed by atoms with E-state index < -0.39 is 11.1 Å². The van der Waals surface area contributed by atoms with Crippen molar-refractivity contribution >= 4 is 28.6 Å². The molecule has 0 unspecified atom stereocenters. The molecule has 104 valence electrons. The van der Waals surface area contributed by atoms with Crippen LogP contribution in [0.1, 0.15) is 31.8 Å². The van der Waals surface area contributed by atoms with Gasteiger partial charge in [0.05, 0.1) is 12.1 Å². The smallest absolute Gasteiger partial charge is 0.257 e. The fourth-order valence-corrected chi connectivity index (χ4v) is 2.44. The van der Waals surface area contributed by atoms with Crippen LogP contribution in [0.2, 0.25) is 0 Å². The third-order valence-corrected chi connectivity index (χ3v) is 3.50. The summed E-state index contributed by atoms with van der Waals surface area (Å²) >= 11 is 5.50. The van der Waals surface area contributed by atoms with Crippen molar-refractivity contribution in [3.8, 4) is 0 Å². The zero-order valence-corrected chi connectivity index (χ0v) is 11.7. The lowest BCUT2D eigenvalue weighted by molar-refractivity contribution is 0.0968. The molecule has 0 spiro atoms. The van der Waals surface area contributed by atoms with Crippen molar-refractivity contribution in [1.82, 2.24) is 5.32 Å². The number of carbonyl (C=O) groups excluding carboxylic acids is 2. The minimum absolute atomic E-state index is 0.184. The fraction of sp³-hybridized carbons (Fsp3) is 0.0625. The number of halogens is 1. The van der Waals surface area contributed by atoms with E-state index in [-0.39, 0.29) is 11.1 Å². The van der Waals surface area contributed by atoms with Gasteiger partial charge in [0.25, 0.3) is 11.1 Å². The van der Waals surface area contributed by atoms with Crippen molar-refractivity contribution < 1.29 is 9.59 Å². The van der Waals surface area contributed by atoms with Crippen LogP contribution in [0, 0.1) is 0 Å². The van der Waals surface area contributed by atoms with Crippen LogP contribution in [0.15, 0.2) is 53.5 Å². The van der Waals surface area contributed by atoms with Crippen LogP contribution in [0.3, 0.4) is 0 Å². The Hall–Kier alpha value is -2.46. The molecule has 0 radical (unpaired) electrons. The summed E-state index contributed by atoms with van der Waals surface area (Å²) in [7, 11) is 0. The molecule has 2 aromatic rings. The van der Waals surface area contributed by atoms with Gasteiger partial charge in [-0.25, -0.2) is 0 Å². The molecule has 0 atom stereocenters. The third-order valence-electron chi connectivity index (χ3n) is 3.30. The molecule has 1 aliphatic heterocycles. The van der Waals surface area contributed by atoms with Crippen LogP contribution in [-0.4, -0.2) is 17.0 Å². The second-order valence-corrected chi connectivity index (χ2v) is 4.94. The zero-order chi connectivity index (χ0) is 14.8. The first kappa shape index (κ1) is 13.5. The molecule has 0 aromatic heterocycles. The molecule has 0 saturated heterocycles. The molecule has 3 rings (SSSR count). The third kappa shape index (κ3) is 2.58. The van der Waals surface area contributed by atoms with Crippen molar-refractivity contribution in [2.45, 2.75) is 6.54 Å². The minimum atomic E-state index is -0.658. The van der Waals surface area contributed by atoms with Crippen LogP contribution in [0.4, 0.5) is 0 Å². The van der Waals surface area contributed by atoms with Gasteiger partial charge in [0.15, 0.2) is 0 Å². The van der Waals surface area contributed by atoms with Gasteiger partial charge in [0.1, 0.15) is 5.84 Å². The Morgan fingerprint density at radius 1 is 1.00 bits per heavy atom. The van der Waals surface area contributed by atoms with E-state index in [1.54, 1.807) is 18.2 Å². The lowest BCUT2D eigenvalue weighted by Gasteiger charge is -2.08. The van der Waals surface area contributed by atoms with Gasteiger partial charge in [-0.1, -0.05) is 36.4 Å². The summed E-state index contributed by atoms with van der Waals surface area (Å²) in [5.41, 5.74) is 2.39. The van der Waals surface area contributed by atoms with Gasteiger partial charge in [-0.2, -0.15) is 0 Å². The fourth-order valence-electron chi connectivity index (χ4n) is 2.27. The number of amidine groups is 1. The standard InChI is InChI=1S/C16H11ClN2O2/c17-14(20)12-7-3-4-8-13(12)16(21)19-15-11-6-2-1-5-10(11)9-18-15/h1-8H,9H2,(H,18,19,21). The largest absolute Gasteiger partial charge is 0.306 e. The Morgan fingerprint density at radius 2 is 1.67 bits per heavy atom. The summed E-state index contributed by atoms with van der Waals surface area (Å²) in [5.74, 6) is 0.127. The molecule has 0 fully saturated rings. The molecular formula is C16H11ClN2O2. The quantitative estimate of drug-likeness (QED) is 0.867. The molecule has 1 heterocycles. The van der Waals surface area contributed by atoms with E-state index in [0.29, 0.717) is 12.4 Å². The highest BCUT2D eigenvalue weighted by atomic mass is 35.5. The van der Waals surface area contributed by atoms with Crippen molar-refractivity contribution in [3.63, 3.8) is 0 Å². The summed E-state index contributed by atoms with van der Waals surface area (Å²) in [5, 5.41) is 2.09. The van der Waals surface area contributed by atoms with Gasteiger partial charge >= 0.3 is 0 Å². The van der Waals surface area contributed by atoms with Crippen LogP contribution < -0.4 is 5.32 Å². The molecular weight excluding hydrogens is 288 g/mol. The average Bonchev–Trinajstić information content (AvgIpc) is 2.90. The Bertz CT molecular complexity index is 768. The topological polar surface area (TPSA) is 58.5 Å². The molecule has 0 bridgehead atoms. The highest BCUT2D eigenvalue weighted by Gasteiger charge is 2.20. The Kier molecular flexibility index (Phi) is 3.54. The molecule has 1 N–H and O–H groups in total. The van der Waals surface area contributed by atoms with E-state index in [1.807, 2.05) is 24.3 Å². The van der Waals surface area contributed by atoms with Crippen molar-refractivity contribution in [1.29, 1.82) is 0 Å². The van der Waals surface area contributed by atoms with Gasteiger partial charge in [0.2, 0.25) is 0 Å². The molecule has 2 aromatic carbocycles. The van der Waals surface area contributed by atoms with Crippen LogP contribution >= 0.6 is 11.6 Å². The Balaban J connectivity index is 1.88. The van der Waals surface area contributed by atoms with Gasteiger partial charge in [0, 0.05) is 11.1 Å². The van der Waals surface area contributed by atoms with Crippen molar-refractivity contribution in [3.05, 3.63) is 70.8 Å². The van der Waals surface area contributed by atoms with Gasteiger partial charge in [-0.05, 0) is 29.3 Å². The van der Waals surface area contributed by atoms with E-state index in [0.717, 1.165) is 11.1 Å². The number of benzene rings is 2. The van der Waals surface area contributed by atoms with E-state index in [4.69, 9.17) is 11.6 Å². The average molecular weight is 299 g/mol. The molecule has 1 aliphatic rings. The van der Waals surface area contributed by atoms with E-state index >= 15 is 0 Å². The SMILES string of the molecule is O=C(Cl)c1ccccc1C(=O)NC1=NCc2ccccc21. The Labute approximate surface area is 126 Å². The maximum absolute atomic E-state index is 12.3. The van der Waals surface area contributed by atoms with E-state index in [1.165, 1.54) is 6.07 Å². The second kappa shape index (κ2) is 5.50. The first-order chi connectivity index (χ1) is 10.2. The summed E-state index contributed by atoms with van der Waals surface area (Å²) < 4.78 is 0. The summed E-state index contributed by atoms with van der Waals surface area (Å²) in [4.78, 5) is 28.0. The van der Waals surface area contributed by atoms with E-state index in [9.17, 15) is 9.59 Å². The van der Waals surface area contributed by atoms with Gasteiger partial charge in [-0.3, -0.25) is 14.6 Å².